The molecule has 1 atom stereocenters. The topological polar surface area (TPSA) is 104 Å². The van der Waals surface area contributed by atoms with Crippen LogP contribution in [0.15, 0.2) is 58.5 Å². The number of methoxy groups -OCH3 is 1. The molecular weight excluding hydrogens is 513 g/mol. The van der Waals surface area contributed by atoms with Gasteiger partial charge in [0.25, 0.3) is 0 Å². The molecule has 3 aromatic rings. The van der Waals surface area contributed by atoms with Gasteiger partial charge in [0, 0.05) is 16.9 Å². The highest BCUT2D eigenvalue weighted by Gasteiger charge is 2.41. The van der Waals surface area contributed by atoms with E-state index < -0.39 is 29.4 Å². The van der Waals surface area contributed by atoms with Crippen molar-refractivity contribution in [2.75, 3.05) is 32.6 Å². The number of nitrogens with one attached hydrogen (secondary N) is 1. The summed E-state index contributed by atoms with van der Waals surface area (Å²) < 4.78 is 47.5. The Morgan fingerprint density at radius 3 is 2.56 bits per heavy atom. The molecule has 2 aromatic carbocycles. The molecule has 4 rings (SSSR count). The van der Waals surface area contributed by atoms with Crippen molar-refractivity contribution >= 4 is 17.6 Å². The fraction of sp³-hybridized carbons (Fsp3) is 0.333. The molecule has 0 radical (unpaired) electrons. The second kappa shape index (κ2) is 10.1. The van der Waals surface area contributed by atoms with Crippen molar-refractivity contribution in [3.05, 3.63) is 86.5 Å². The standard InChI is InChI=1S/C27H27F3N6O3/c1-6-36(3,4)15-18-12-17(14-31)10-11-21(18)23-22(24(37)39-5)16(2)34(25-32-33-26(38)35(23)25)20-9-7-8-19(13-20)27(28,29)30/h7-13,23H,6,15H2,1-5H3/p+1. The highest BCUT2D eigenvalue weighted by Crippen LogP contribution is 2.43. The van der Waals surface area contributed by atoms with Crippen molar-refractivity contribution in [3.8, 4) is 6.07 Å². The second-order valence-corrected chi connectivity index (χ2v) is 9.91. The smallest absolute Gasteiger partial charge is 0.416 e. The molecule has 1 aromatic heterocycles. The highest BCUT2D eigenvalue weighted by atomic mass is 19.4. The lowest BCUT2D eigenvalue weighted by molar-refractivity contribution is -0.901. The normalized spacial score (nSPS) is 15.7. The first-order chi connectivity index (χ1) is 18.3. The van der Waals surface area contributed by atoms with E-state index >= 15 is 0 Å². The van der Waals surface area contributed by atoms with Gasteiger partial charge in [0.2, 0.25) is 5.95 Å². The molecule has 39 heavy (non-hydrogen) atoms. The van der Waals surface area contributed by atoms with Gasteiger partial charge >= 0.3 is 17.8 Å². The number of nitrogens with zero attached hydrogens (tertiary/aromatic N) is 5. The molecule has 0 bridgehead atoms. The van der Waals surface area contributed by atoms with Gasteiger partial charge in [0.1, 0.15) is 12.6 Å². The summed E-state index contributed by atoms with van der Waals surface area (Å²) in [6.07, 6.45) is -4.61. The Bertz CT molecular complexity index is 1560. The van der Waals surface area contributed by atoms with Gasteiger partial charge in [0.05, 0.1) is 50.5 Å². The number of nitriles is 1. The van der Waals surface area contributed by atoms with Crippen LogP contribution in [0.2, 0.25) is 0 Å². The van der Waals surface area contributed by atoms with Crippen LogP contribution in [0.3, 0.4) is 0 Å². The van der Waals surface area contributed by atoms with Gasteiger partial charge in [-0.1, -0.05) is 12.1 Å². The predicted octanol–water partition coefficient (Wildman–Crippen LogP) is 4.25. The number of hydrogen-bond donors (Lipinski definition) is 1. The Morgan fingerprint density at radius 1 is 1.23 bits per heavy atom. The maximum atomic E-state index is 13.5. The lowest BCUT2D eigenvalue weighted by atomic mass is 9.89. The van der Waals surface area contributed by atoms with Gasteiger partial charge in [-0.2, -0.15) is 18.4 Å². The summed E-state index contributed by atoms with van der Waals surface area (Å²) in [4.78, 5) is 27.8. The van der Waals surface area contributed by atoms with Crippen LogP contribution in [0.1, 0.15) is 42.1 Å². The summed E-state index contributed by atoms with van der Waals surface area (Å²) >= 11 is 0. The molecule has 9 nitrogen and oxygen atoms in total. The molecule has 204 valence electrons. The average molecular weight is 542 g/mol. The Labute approximate surface area is 222 Å². The number of carbonyl (C=O) groups is 1. The van der Waals surface area contributed by atoms with E-state index in [1.807, 2.05) is 21.0 Å². The Hall–Kier alpha value is -4.37. The number of hydrogen-bond acceptors (Lipinski definition) is 6. The molecule has 2 heterocycles. The molecule has 0 spiro atoms. The summed E-state index contributed by atoms with van der Waals surface area (Å²) in [5.41, 5.74) is 0.510. The number of aromatic amines is 1. The van der Waals surface area contributed by atoms with E-state index in [1.54, 1.807) is 25.1 Å². The molecule has 0 saturated carbocycles. The minimum atomic E-state index is -4.61. The first-order valence-electron chi connectivity index (χ1n) is 12.1. The Morgan fingerprint density at radius 2 is 1.95 bits per heavy atom. The lowest BCUT2D eigenvalue weighted by Crippen LogP contribution is -2.40. The third-order valence-corrected chi connectivity index (χ3v) is 7.00. The van der Waals surface area contributed by atoms with Gasteiger partial charge < -0.3 is 9.22 Å². The molecule has 12 heteroatoms. The molecule has 0 fully saturated rings. The third-order valence-electron chi connectivity index (χ3n) is 7.00. The zero-order valence-corrected chi connectivity index (χ0v) is 22.1. The molecule has 0 aliphatic carbocycles. The number of rotatable bonds is 6. The number of allylic oxidation sites excluding steroid dienone is 1. The van der Waals surface area contributed by atoms with Gasteiger partial charge in [-0.15, -0.1) is 5.10 Å². The van der Waals surface area contributed by atoms with Crippen LogP contribution in [0.4, 0.5) is 24.8 Å². The number of anilines is 2. The number of halogens is 3. The van der Waals surface area contributed by atoms with Crippen LogP contribution < -0.4 is 10.6 Å². The predicted molar refractivity (Wildman–Crippen MR) is 137 cm³/mol. The van der Waals surface area contributed by atoms with E-state index in [0.717, 1.165) is 24.2 Å². The summed E-state index contributed by atoms with van der Waals surface area (Å²) in [5, 5.41) is 16.1. The van der Waals surface area contributed by atoms with E-state index in [9.17, 15) is 28.0 Å². The largest absolute Gasteiger partial charge is 0.466 e. The molecule has 1 aliphatic rings. The number of H-pyrrole nitrogens is 1. The van der Waals surface area contributed by atoms with Crippen LogP contribution in [-0.4, -0.2) is 53.0 Å². The third kappa shape index (κ3) is 5.05. The van der Waals surface area contributed by atoms with Crippen molar-refractivity contribution in [2.24, 2.45) is 0 Å². The number of aromatic nitrogens is 3. The number of esters is 1. The average Bonchev–Trinajstić information content (AvgIpc) is 3.27. The van der Waals surface area contributed by atoms with Crippen molar-refractivity contribution in [3.63, 3.8) is 0 Å². The van der Waals surface area contributed by atoms with E-state index in [2.05, 4.69) is 16.3 Å². The van der Waals surface area contributed by atoms with E-state index in [0.29, 0.717) is 22.2 Å². The molecule has 0 saturated heterocycles. The zero-order chi connectivity index (χ0) is 28.7. The summed E-state index contributed by atoms with van der Waals surface area (Å²) in [5.74, 6) is -0.748. The highest BCUT2D eigenvalue weighted by molar-refractivity contribution is 5.93. The number of ether oxygens (including phenoxy) is 1. The molecule has 1 aliphatic heterocycles. The summed E-state index contributed by atoms with van der Waals surface area (Å²) in [6, 6.07) is 10.7. The Kier molecular flexibility index (Phi) is 7.14. The lowest BCUT2D eigenvalue weighted by Gasteiger charge is -2.37. The van der Waals surface area contributed by atoms with Gasteiger partial charge in [-0.25, -0.2) is 19.3 Å². The SMILES string of the molecule is CC[N+](C)(C)Cc1cc(C#N)ccc1C1C(C(=O)OC)=C(C)N(c2cccc(C(F)(F)F)c2)c2n[nH]c(=O)n21. The first kappa shape index (κ1) is 27.7. The minimum Gasteiger partial charge on any atom is -0.466 e. The molecule has 0 amide bonds. The quantitative estimate of drug-likeness (QED) is 0.370. The van der Waals surface area contributed by atoms with Gasteiger partial charge in [-0.3, -0.25) is 4.90 Å². The van der Waals surface area contributed by atoms with Crippen LogP contribution in [0.25, 0.3) is 0 Å². The number of carbonyl (C=O) groups excluding carboxylic acids is 1. The van der Waals surface area contributed by atoms with E-state index in [1.165, 1.54) is 28.7 Å². The zero-order valence-electron chi connectivity index (χ0n) is 22.1. The van der Waals surface area contributed by atoms with Crippen molar-refractivity contribution in [1.29, 1.82) is 5.26 Å². The molecular formula is C27H28F3N6O3+. The van der Waals surface area contributed by atoms with Crippen LogP contribution >= 0.6 is 0 Å². The number of alkyl halides is 3. The van der Waals surface area contributed by atoms with Crippen LogP contribution in [-0.2, 0) is 22.3 Å². The van der Waals surface area contributed by atoms with E-state index in [-0.39, 0.29) is 22.9 Å². The fourth-order valence-electron chi connectivity index (χ4n) is 4.73. The summed E-state index contributed by atoms with van der Waals surface area (Å²) in [6.45, 7) is 4.83. The number of quaternary nitrogens is 1. The molecule has 1 N–H and O–H groups in total. The number of benzene rings is 2. The van der Waals surface area contributed by atoms with Crippen LogP contribution in [0.5, 0.6) is 0 Å². The number of fused-ring (bicyclic) bond motifs is 1. The summed E-state index contributed by atoms with van der Waals surface area (Å²) in [7, 11) is 5.21. The van der Waals surface area contributed by atoms with Crippen LogP contribution in [0, 0.1) is 11.3 Å². The fourth-order valence-corrected chi connectivity index (χ4v) is 4.73. The minimum absolute atomic E-state index is 0.00836. The maximum Gasteiger partial charge on any atom is 0.416 e. The van der Waals surface area contributed by atoms with Crippen molar-refractivity contribution in [1.82, 2.24) is 14.8 Å². The second-order valence-electron chi connectivity index (χ2n) is 9.91. The van der Waals surface area contributed by atoms with E-state index in [4.69, 9.17) is 4.74 Å². The monoisotopic (exact) mass is 541 g/mol. The van der Waals surface area contributed by atoms with Gasteiger partial charge in [-0.05, 0) is 49.7 Å². The Balaban J connectivity index is 2.03. The maximum absolute atomic E-state index is 13.5. The van der Waals surface area contributed by atoms with Crippen molar-refractivity contribution in [2.45, 2.75) is 32.6 Å². The van der Waals surface area contributed by atoms with Gasteiger partial charge in [0.15, 0.2) is 0 Å². The van der Waals surface area contributed by atoms with Crippen molar-refractivity contribution < 1.29 is 27.2 Å². The molecule has 1 unspecified atom stereocenters. The first-order valence-corrected chi connectivity index (χ1v) is 12.1.